The quantitative estimate of drug-likeness (QED) is 0.136. The van der Waals surface area contributed by atoms with E-state index in [0.717, 1.165) is 61.2 Å². The van der Waals surface area contributed by atoms with E-state index in [1.807, 2.05) is 36.4 Å². The van der Waals surface area contributed by atoms with Crippen molar-refractivity contribution >= 4 is 25.3 Å². The van der Waals surface area contributed by atoms with Crippen LogP contribution in [0, 0.1) is 11.6 Å². The Kier molecular flexibility index (Phi) is 9.91. The molecule has 5 rings (SSSR count). The summed E-state index contributed by atoms with van der Waals surface area (Å²) in [5.74, 6) is -3.96. The number of hydrogen-bond acceptors (Lipinski definition) is 9. The van der Waals surface area contributed by atoms with Crippen LogP contribution in [0.2, 0.25) is 0 Å². The van der Waals surface area contributed by atoms with E-state index in [9.17, 15) is 32.6 Å². The number of carbonyl (C=O) groups is 3. The van der Waals surface area contributed by atoms with Gasteiger partial charge in [-0.25, -0.2) is 8.78 Å². The van der Waals surface area contributed by atoms with Gasteiger partial charge in [0.05, 0.1) is 6.16 Å². The summed E-state index contributed by atoms with van der Waals surface area (Å²) in [5.41, 5.74) is 3.70. The second kappa shape index (κ2) is 13.7. The van der Waals surface area contributed by atoms with Gasteiger partial charge >= 0.3 is 17.9 Å². The van der Waals surface area contributed by atoms with Crippen LogP contribution in [-0.2, 0) is 50.5 Å². The minimum Gasteiger partial charge on any atom is -0.461 e. The molecule has 1 N–H and O–H groups in total. The van der Waals surface area contributed by atoms with Gasteiger partial charge in [0, 0.05) is 32.5 Å². The molecule has 0 radical (unpaired) electrons. The number of carbonyl (C=O) groups excluding carboxylic acids is 3. The lowest BCUT2D eigenvalue weighted by molar-refractivity contribution is -0.283. The van der Waals surface area contributed by atoms with E-state index in [-0.39, 0.29) is 6.42 Å². The lowest BCUT2D eigenvalue weighted by atomic mass is 9.96. The van der Waals surface area contributed by atoms with Gasteiger partial charge in [0.1, 0.15) is 23.5 Å². The fraction of sp³-hybridized carbons (Fsp3) is 0.364. The molecule has 13 heteroatoms. The van der Waals surface area contributed by atoms with E-state index in [4.69, 9.17) is 23.7 Å². The number of rotatable bonds is 10. The minimum absolute atomic E-state index is 0.286. The molecule has 1 aliphatic carbocycles. The Morgan fingerprint density at radius 2 is 1.43 bits per heavy atom. The summed E-state index contributed by atoms with van der Waals surface area (Å²) >= 11 is 0. The van der Waals surface area contributed by atoms with Crippen LogP contribution in [0.3, 0.4) is 0 Å². The normalized spacial score (nSPS) is 23.0. The van der Waals surface area contributed by atoms with E-state index in [1.165, 1.54) is 0 Å². The van der Waals surface area contributed by atoms with Crippen molar-refractivity contribution in [3.63, 3.8) is 0 Å². The Hall–Kier alpha value is -4.12. The van der Waals surface area contributed by atoms with Crippen LogP contribution in [-0.4, -0.2) is 59.7 Å². The first-order valence-corrected chi connectivity index (χ1v) is 16.6. The van der Waals surface area contributed by atoms with E-state index in [1.54, 1.807) is 6.07 Å². The van der Waals surface area contributed by atoms with E-state index >= 15 is 0 Å². The molecule has 244 valence electrons. The maximum Gasteiger partial charge on any atom is 0.303 e. The van der Waals surface area contributed by atoms with Gasteiger partial charge in [-0.1, -0.05) is 36.4 Å². The van der Waals surface area contributed by atoms with Crippen molar-refractivity contribution in [2.24, 2.45) is 0 Å². The molecule has 1 unspecified atom stereocenters. The zero-order chi connectivity index (χ0) is 33.2. The van der Waals surface area contributed by atoms with Crippen LogP contribution in [0.15, 0.2) is 60.7 Å². The molecule has 0 amide bonds. The fourth-order valence-corrected chi connectivity index (χ4v) is 7.46. The first-order chi connectivity index (χ1) is 21.8. The average Bonchev–Trinajstić information content (AvgIpc) is 3.34. The van der Waals surface area contributed by atoms with Gasteiger partial charge in [-0.2, -0.15) is 0 Å². The summed E-state index contributed by atoms with van der Waals surface area (Å²) < 4.78 is 70.5. The molecular formula is C33H33F2O10P. The summed E-state index contributed by atoms with van der Waals surface area (Å²) in [6.45, 7) is 3.34. The zero-order valence-electron chi connectivity index (χ0n) is 25.3. The Morgan fingerprint density at radius 1 is 0.826 bits per heavy atom. The van der Waals surface area contributed by atoms with Crippen molar-refractivity contribution in [3.8, 4) is 16.9 Å². The van der Waals surface area contributed by atoms with Crippen molar-refractivity contribution in [2.75, 3.05) is 6.16 Å². The van der Waals surface area contributed by atoms with Gasteiger partial charge in [0.2, 0.25) is 19.8 Å². The topological polar surface area (TPSA) is 135 Å². The Morgan fingerprint density at radius 3 is 2.11 bits per heavy atom. The smallest absolute Gasteiger partial charge is 0.303 e. The first kappa shape index (κ1) is 33.2. The molecule has 0 bridgehead atoms. The molecule has 46 heavy (non-hydrogen) atoms. The van der Waals surface area contributed by atoms with Crippen molar-refractivity contribution in [1.82, 2.24) is 0 Å². The maximum absolute atomic E-state index is 14.3. The number of halogens is 2. The molecule has 0 saturated carbocycles. The zero-order valence-corrected chi connectivity index (χ0v) is 26.2. The molecule has 3 aromatic rings. The average molecular weight is 659 g/mol. The van der Waals surface area contributed by atoms with Gasteiger partial charge in [0.25, 0.3) is 0 Å². The van der Waals surface area contributed by atoms with Crippen LogP contribution in [0.5, 0.6) is 5.75 Å². The SMILES string of the molecule is CC(=O)O[C@@H]1[C@H](OC(C)=O)[C@@H](Oc2ccc3c(c2)Cc2ccccc2-3)O[C@H](CCP(=O)(O)Cc2c(F)cccc2F)[C@H]1OC(C)=O. The summed E-state index contributed by atoms with van der Waals surface area (Å²) in [6, 6.07) is 16.5. The predicted octanol–water partition coefficient (Wildman–Crippen LogP) is 5.30. The monoisotopic (exact) mass is 658 g/mol. The minimum atomic E-state index is -4.24. The lowest BCUT2D eigenvalue weighted by Crippen LogP contribution is -2.62. The van der Waals surface area contributed by atoms with Crippen LogP contribution in [0.4, 0.5) is 8.78 Å². The van der Waals surface area contributed by atoms with Gasteiger partial charge < -0.3 is 28.6 Å². The van der Waals surface area contributed by atoms with Gasteiger partial charge in [-0.15, -0.1) is 0 Å². The summed E-state index contributed by atoms with van der Waals surface area (Å²) in [7, 11) is -4.24. The summed E-state index contributed by atoms with van der Waals surface area (Å²) in [6.07, 6.45) is -7.84. The molecule has 2 aliphatic rings. The highest BCUT2D eigenvalue weighted by Crippen LogP contribution is 2.47. The van der Waals surface area contributed by atoms with Crippen LogP contribution in [0.1, 0.15) is 43.9 Å². The Bertz CT molecular complexity index is 1670. The third-order valence-corrected chi connectivity index (χ3v) is 9.51. The highest BCUT2D eigenvalue weighted by Gasteiger charge is 2.53. The highest BCUT2D eigenvalue weighted by atomic mass is 31.2. The molecule has 10 nitrogen and oxygen atoms in total. The van der Waals surface area contributed by atoms with Gasteiger partial charge in [-0.3, -0.25) is 18.9 Å². The summed E-state index contributed by atoms with van der Waals surface area (Å²) in [5, 5.41) is 0. The molecule has 6 atom stereocenters. The third kappa shape index (κ3) is 7.63. The number of hydrogen-bond donors (Lipinski definition) is 1. The van der Waals surface area contributed by atoms with Crippen LogP contribution in [0.25, 0.3) is 11.1 Å². The molecule has 0 aromatic heterocycles. The van der Waals surface area contributed by atoms with E-state index in [0.29, 0.717) is 12.2 Å². The molecule has 1 aliphatic heterocycles. The second-order valence-corrected chi connectivity index (χ2v) is 13.7. The van der Waals surface area contributed by atoms with Crippen molar-refractivity contribution < 1.29 is 56.3 Å². The Labute approximate surface area is 264 Å². The number of ether oxygens (including phenoxy) is 5. The largest absolute Gasteiger partial charge is 0.461 e. The van der Waals surface area contributed by atoms with Gasteiger partial charge in [-0.05, 0) is 59.4 Å². The number of benzene rings is 3. The third-order valence-electron chi connectivity index (χ3n) is 7.74. The Balaban J connectivity index is 1.44. The second-order valence-electron chi connectivity index (χ2n) is 11.3. The predicted molar refractivity (Wildman–Crippen MR) is 160 cm³/mol. The van der Waals surface area contributed by atoms with Crippen LogP contribution < -0.4 is 4.74 Å². The maximum atomic E-state index is 14.3. The standard InChI is InChI=1S/C33H33F2O10P/c1-18(36)41-30-29(13-14-46(39,40)17-26-27(34)9-6-10-28(26)35)45-33(32(43-20(3)38)31(30)42-19(2)37)44-23-11-12-25-22(16-23)15-21-7-4-5-8-24(21)25/h4-12,16,29-33H,13-15,17H2,1-3H3,(H,39,40)/t29-,30-,31+,32+,33+/m1/s1. The summed E-state index contributed by atoms with van der Waals surface area (Å²) in [4.78, 5) is 47.3. The number of esters is 3. The highest BCUT2D eigenvalue weighted by molar-refractivity contribution is 7.57. The van der Waals surface area contributed by atoms with Crippen molar-refractivity contribution in [2.45, 2.75) is 70.5 Å². The van der Waals surface area contributed by atoms with Gasteiger partial charge in [0.15, 0.2) is 12.2 Å². The van der Waals surface area contributed by atoms with Crippen LogP contribution >= 0.6 is 7.37 Å². The van der Waals surface area contributed by atoms with Crippen molar-refractivity contribution in [1.29, 1.82) is 0 Å². The van der Waals surface area contributed by atoms with E-state index in [2.05, 4.69) is 0 Å². The van der Waals surface area contributed by atoms with Crippen molar-refractivity contribution in [3.05, 3.63) is 89.0 Å². The lowest BCUT2D eigenvalue weighted by Gasteiger charge is -2.44. The van der Waals surface area contributed by atoms with E-state index < -0.39 is 85.5 Å². The molecule has 1 saturated heterocycles. The molecule has 1 fully saturated rings. The molecule has 3 aromatic carbocycles. The molecule has 1 heterocycles. The fourth-order valence-electron chi connectivity index (χ4n) is 5.85. The molecular weight excluding hydrogens is 625 g/mol. The number of fused-ring (bicyclic) bond motifs is 3. The first-order valence-electron chi connectivity index (χ1n) is 14.6. The molecule has 0 spiro atoms.